The van der Waals surface area contributed by atoms with Crippen LogP contribution in [0.15, 0.2) is 67.0 Å². The van der Waals surface area contributed by atoms with E-state index in [9.17, 15) is 4.79 Å². The molecule has 0 radical (unpaired) electrons. The van der Waals surface area contributed by atoms with Crippen LogP contribution in [0.2, 0.25) is 0 Å². The summed E-state index contributed by atoms with van der Waals surface area (Å²) in [6.07, 6.45) is 4.38. The Morgan fingerprint density at radius 3 is 2.62 bits per heavy atom. The molecule has 2 aromatic heterocycles. The van der Waals surface area contributed by atoms with Gasteiger partial charge in [0.2, 0.25) is 5.91 Å². The molecule has 1 N–H and O–H groups in total. The van der Waals surface area contributed by atoms with E-state index in [1.807, 2.05) is 81.6 Å². The number of hydrogen-bond acceptors (Lipinski definition) is 4. The van der Waals surface area contributed by atoms with Crippen LogP contribution >= 0.6 is 0 Å². The van der Waals surface area contributed by atoms with Crippen molar-refractivity contribution >= 4 is 22.5 Å². The number of rotatable bonds is 5. The normalized spacial score (nSPS) is 11.6. The van der Waals surface area contributed by atoms with E-state index >= 15 is 0 Å². The molecule has 6 heteroatoms. The first-order chi connectivity index (χ1) is 14.0. The van der Waals surface area contributed by atoms with Gasteiger partial charge in [-0.25, -0.2) is 4.68 Å². The maximum atomic E-state index is 12.7. The van der Waals surface area contributed by atoms with Gasteiger partial charge in [0.1, 0.15) is 5.69 Å². The van der Waals surface area contributed by atoms with Gasteiger partial charge in [0, 0.05) is 22.6 Å². The fourth-order valence-electron chi connectivity index (χ4n) is 3.03. The average Bonchev–Trinajstić information content (AvgIpc) is 3.24. The Kier molecular flexibility index (Phi) is 4.84. The van der Waals surface area contributed by atoms with Crippen molar-refractivity contribution in [2.45, 2.75) is 27.2 Å². The second-order valence-electron chi connectivity index (χ2n) is 7.64. The number of carbonyl (C=O) groups excluding carboxylic acids is 1. The van der Waals surface area contributed by atoms with Crippen LogP contribution in [0.3, 0.4) is 0 Å². The lowest BCUT2D eigenvalue weighted by Crippen LogP contribution is -2.30. The van der Waals surface area contributed by atoms with Gasteiger partial charge < -0.3 is 5.32 Å². The van der Waals surface area contributed by atoms with Crippen molar-refractivity contribution in [1.29, 1.82) is 0 Å². The molecule has 146 valence electrons. The predicted molar refractivity (Wildman–Crippen MR) is 115 cm³/mol. The zero-order valence-electron chi connectivity index (χ0n) is 16.8. The molecule has 0 fully saturated rings. The summed E-state index contributed by atoms with van der Waals surface area (Å²) in [5, 5.41) is 12.5. The first-order valence-corrected chi connectivity index (χ1v) is 9.67. The number of nitrogens with one attached hydrogen (secondary N) is 1. The number of carbonyl (C=O) groups is 1. The molecule has 4 rings (SSSR count). The van der Waals surface area contributed by atoms with Gasteiger partial charge in [-0.1, -0.05) is 56.3 Å². The molecule has 0 atom stereocenters. The van der Waals surface area contributed by atoms with Crippen LogP contribution in [0, 0.1) is 5.41 Å². The lowest BCUT2D eigenvalue weighted by atomic mass is 9.89. The lowest BCUT2D eigenvalue weighted by molar-refractivity contribution is -0.124. The quantitative estimate of drug-likeness (QED) is 0.533. The van der Waals surface area contributed by atoms with Crippen LogP contribution in [0.1, 0.15) is 27.2 Å². The zero-order valence-corrected chi connectivity index (χ0v) is 16.8. The summed E-state index contributed by atoms with van der Waals surface area (Å²) in [4.78, 5) is 17.2. The van der Waals surface area contributed by atoms with Crippen molar-refractivity contribution in [2.75, 3.05) is 5.32 Å². The number of hydrogen-bond donors (Lipinski definition) is 1. The minimum atomic E-state index is -0.448. The summed E-state index contributed by atoms with van der Waals surface area (Å²) in [6.45, 7) is 5.88. The number of benzene rings is 2. The lowest BCUT2D eigenvalue weighted by Gasteiger charge is -2.22. The molecular weight excluding hydrogens is 362 g/mol. The van der Waals surface area contributed by atoms with E-state index in [0.717, 1.165) is 34.3 Å². The Labute approximate surface area is 169 Å². The van der Waals surface area contributed by atoms with E-state index in [0.29, 0.717) is 5.69 Å². The molecule has 0 aliphatic carbocycles. The monoisotopic (exact) mass is 385 g/mol. The van der Waals surface area contributed by atoms with Crippen molar-refractivity contribution < 1.29 is 4.79 Å². The Bertz CT molecular complexity index is 1160. The maximum absolute atomic E-state index is 12.7. The summed E-state index contributed by atoms with van der Waals surface area (Å²) in [5.74, 6) is -0.0215. The van der Waals surface area contributed by atoms with Crippen LogP contribution < -0.4 is 5.32 Å². The Morgan fingerprint density at radius 2 is 1.86 bits per heavy atom. The molecule has 2 aromatic carbocycles. The van der Waals surface area contributed by atoms with E-state index in [2.05, 4.69) is 20.6 Å². The molecule has 0 saturated heterocycles. The fraction of sp³-hybridized carbons (Fsp3) is 0.217. The first-order valence-electron chi connectivity index (χ1n) is 9.67. The SMILES string of the molecule is CCC(C)(C)C(=O)Nc1ccc(-n2cc(-c3ccccc3)nn2)c2cccnc12. The molecule has 1 amide bonds. The van der Waals surface area contributed by atoms with Gasteiger partial charge in [0.25, 0.3) is 0 Å². The molecule has 0 aliphatic rings. The summed E-state index contributed by atoms with van der Waals surface area (Å²) < 4.78 is 1.74. The fourth-order valence-corrected chi connectivity index (χ4v) is 3.03. The molecule has 0 spiro atoms. The van der Waals surface area contributed by atoms with Gasteiger partial charge >= 0.3 is 0 Å². The first kappa shape index (κ1) is 18.8. The van der Waals surface area contributed by atoms with Crippen LogP contribution in [0.25, 0.3) is 27.8 Å². The standard InChI is InChI=1S/C23H23N5O/c1-4-23(2,3)22(29)25-18-12-13-20(17-11-8-14-24-21(17)18)28-15-19(26-27-28)16-9-6-5-7-10-16/h5-15H,4H2,1-3H3,(H,25,29). The molecule has 29 heavy (non-hydrogen) atoms. The number of anilines is 1. The number of fused-ring (bicyclic) bond motifs is 1. The van der Waals surface area contributed by atoms with Crippen molar-refractivity contribution in [3.8, 4) is 16.9 Å². The molecule has 6 nitrogen and oxygen atoms in total. The predicted octanol–water partition coefficient (Wildman–Crippen LogP) is 4.86. The summed E-state index contributed by atoms with van der Waals surface area (Å²) >= 11 is 0. The van der Waals surface area contributed by atoms with Gasteiger partial charge in [-0.3, -0.25) is 9.78 Å². The number of aromatic nitrogens is 4. The van der Waals surface area contributed by atoms with E-state index in [-0.39, 0.29) is 5.91 Å². The Morgan fingerprint density at radius 1 is 1.07 bits per heavy atom. The van der Waals surface area contributed by atoms with Gasteiger partial charge in [0.15, 0.2) is 0 Å². The van der Waals surface area contributed by atoms with Gasteiger partial charge in [0.05, 0.1) is 23.1 Å². The highest BCUT2D eigenvalue weighted by Crippen LogP contribution is 2.30. The highest BCUT2D eigenvalue weighted by molar-refractivity contribution is 6.04. The molecule has 0 unspecified atom stereocenters. The molecular formula is C23H23N5O. The molecule has 0 saturated carbocycles. The molecule has 2 heterocycles. The minimum Gasteiger partial charge on any atom is -0.324 e. The second-order valence-corrected chi connectivity index (χ2v) is 7.64. The molecule has 0 aliphatic heterocycles. The summed E-state index contributed by atoms with van der Waals surface area (Å²) in [5.41, 5.74) is 3.63. The van der Waals surface area contributed by atoms with Gasteiger partial charge in [-0.2, -0.15) is 0 Å². The topological polar surface area (TPSA) is 72.7 Å². The largest absolute Gasteiger partial charge is 0.324 e. The van der Waals surface area contributed by atoms with Crippen LogP contribution in [0.4, 0.5) is 5.69 Å². The minimum absolute atomic E-state index is 0.0215. The number of amides is 1. The third-order valence-corrected chi connectivity index (χ3v) is 5.30. The Hall–Kier alpha value is -3.54. The molecule has 0 bridgehead atoms. The Balaban J connectivity index is 1.75. The second kappa shape index (κ2) is 7.47. The van der Waals surface area contributed by atoms with E-state index in [1.165, 1.54) is 0 Å². The smallest absolute Gasteiger partial charge is 0.230 e. The third-order valence-electron chi connectivity index (χ3n) is 5.30. The van der Waals surface area contributed by atoms with Crippen LogP contribution in [-0.2, 0) is 4.79 Å². The van der Waals surface area contributed by atoms with E-state index < -0.39 is 5.41 Å². The van der Waals surface area contributed by atoms with Gasteiger partial charge in [-0.15, -0.1) is 5.10 Å². The maximum Gasteiger partial charge on any atom is 0.230 e. The summed E-state index contributed by atoms with van der Waals surface area (Å²) in [7, 11) is 0. The highest BCUT2D eigenvalue weighted by Gasteiger charge is 2.26. The van der Waals surface area contributed by atoms with Gasteiger partial charge in [-0.05, 0) is 30.7 Å². The van der Waals surface area contributed by atoms with E-state index in [1.54, 1.807) is 10.9 Å². The zero-order chi connectivity index (χ0) is 20.4. The van der Waals surface area contributed by atoms with Crippen molar-refractivity contribution in [1.82, 2.24) is 20.0 Å². The van der Waals surface area contributed by atoms with Crippen LogP contribution in [0.5, 0.6) is 0 Å². The average molecular weight is 385 g/mol. The van der Waals surface area contributed by atoms with Crippen molar-refractivity contribution in [3.63, 3.8) is 0 Å². The van der Waals surface area contributed by atoms with Crippen molar-refractivity contribution in [2.24, 2.45) is 5.41 Å². The van der Waals surface area contributed by atoms with Crippen molar-refractivity contribution in [3.05, 3.63) is 67.0 Å². The van der Waals surface area contributed by atoms with E-state index in [4.69, 9.17) is 0 Å². The van der Waals surface area contributed by atoms with Crippen LogP contribution in [-0.4, -0.2) is 25.9 Å². The number of pyridine rings is 1. The number of nitrogens with zero attached hydrogens (tertiary/aromatic N) is 4. The highest BCUT2D eigenvalue weighted by atomic mass is 16.2. The third kappa shape index (κ3) is 3.61. The summed E-state index contributed by atoms with van der Waals surface area (Å²) in [6, 6.07) is 17.6. The molecule has 4 aromatic rings.